The fourth-order valence-electron chi connectivity index (χ4n) is 3.03. The lowest BCUT2D eigenvalue weighted by atomic mass is 10.1. The van der Waals surface area contributed by atoms with Crippen LogP contribution in [-0.2, 0) is 11.3 Å². The summed E-state index contributed by atoms with van der Waals surface area (Å²) < 4.78 is 19.2. The third kappa shape index (κ3) is 3.15. The third-order valence-electron chi connectivity index (χ3n) is 4.36. The van der Waals surface area contributed by atoms with Gasteiger partial charge in [0.25, 0.3) is 0 Å². The fourth-order valence-corrected chi connectivity index (χ4v) is 3.03. The van der Waals surface area contributed by atoms with Gasteiger partial charge in [-0.15, -0.1) is 0 Å². The van der Waals surface area contributed by atoms with Crippen molar-refractivity contribution in [2.24, 2.45) is 0 Å². The zero-order chi connectivity index (χ0) is 17.2. The maximum absolute atomic E-state index is 13.8. The van der Waals surface area contributed by atoms with Gasteiger partial charge in [0.2, 0.25) is 17.6 Å². The summed E-state index contributed by atoms with van der Waals surface area (Å²) >= 11 is 0. The van der Waals surface area contributed by atoms with Crippen molar-refractivity contribution in [2.75, 3.05) is 6.54 Å². The van der Waals surface area contributed by atoms with Crippen LogP contribution in [0.15, 0.2) is 59.1 Å². The zero-order valence-corrected chi connectivity index (χ0v) is 13.4. The Kier molecular flexibility index (Phi) is 4.01. The van der Waals surface area contributed by atoms with Gasteiger partial charge in [0.1, 0.15) is 5.82 Å². The maximum atomic E-state index is 13.8. The van der Waals surface area contributed by atoms with Crippen LogP contribution in [0.2, 0.25) is 0 Å². The molecule has 1 aliphatic heterocycles. The predicted molar refractivity (Wildman–Crippen MR) is 88.9 cm³/mol. The van der Waals surface area contributed by atoms with Crippen molar-refractivity contribution in [3.8, 4) is 11.4 Å². The highest BCUT2D eigenvalue weighted by Crippen LogP contribution is 2.29. The molecule has 1 aliphatic rings. The Morgan fingerprint density at radius 2 is 1.88 bits per heavy atom. The summed E-state index contributed by atoms with van der Waals surface area (Å²) in [6.07, 6.45) is 0.297. The molecule has 0 aliphatic carbocycles. The van der Waals surface area contributed by atoms with Crippen molar-refractivity contribution in [2.45, 2.75) is 18.9 Å². The van der Waals surface area contributed by atoms with Gasteiger partial charge in [0, 0.05) is 30.6 Å². The van der Waals surface area contributed by atoms with Crippen LogP contribution in [0.3, 0.4) is 0 Å². The number of halogens is 1. The Labute approximate surface area is 144 Å². The molecule has 2 heterocycles. The van der Waals surface area contributed by atoms with E-state index in [0.29, 0.717) is 30.2 Å². The molecule has 5 nitrogen and oxygen atoms in total. The molecule has 0 bridgehead atoms. The molecule has 1 amide bonds. The van der Waals surface area contributed by atoms with Crippen molar-refractivity contribution in [1.29, 1.82) is 0 Å². The normalized spacial score (nSPS) is 17.2. The van der Waals surface area contributed by atoms with Gasteiger partial charge in [-0.3, -0.25) is 4.79 Å². The first-order valence-electron chi connectivity index (χ1n) is 8.11. The minimum absolute atomic E-state index is 0.0345. The predicted octanol–water partition coefficient (Wildman–Crippen LogP) is 3.39. The average molecular weight is 337 g/mol. The van der Waals surface area contributed by atoms with Gasteiger partial charge in [-0.25, -0.2) is 4.39 Å². The Hall–Kier alpha value is -3.02. The number of aromatic nitrogens is 2. The molecule has 1 aromatic heterocycles. The fraction of sp³-hybridized carbons (Fsp3) is 0.211. The minimum atomic E-state index is -0.303. The van der Waals surface area contributed by atoms with Crippen LogP contribution in [0.4, 0.5) is 4.39 Å². The lowest BCUT2D eigenvalue weighted by molar-refractivity contribution is -0.128. The molecule has 0 radical (unpaired) electrons. The Bertz CT molecular complexity index is 894. The van der Waals surface area contributed by atoms with E-state index in [1.54, 1.807) is 23.1 Å². The number of benzene rings is 2. The smallest absolute Gasteiger partial charge is 0.232 e. The molecule has 1 fully saturated rings. The number of hydrogen-bond donors (Lipinski definition) is 0. The first kappa shape index (κ1) is 15.5. The second kappa shape index (κ2) is 6.47. The van der Waals surface area contributed by atoms with E-state index < -0.39 is 0 Å². The molecular formula is C19H16FN3O2. The number of carbonyl (C=O) groups excluding carboxylic acids is 1. The molecular weight excluding hydrogens is 321 g/mol. The number of rotatable bonds is 4. The first-order chi connectivity index (χ1) is 12.2. The molecule has 6 heteroatoms. The van der Waals surface area contributed by atoms with Crippen LogP contribution in [0.5, 0.6) is 0 Å². The summed E-state index contributed by atoms with van der Waals surface area (Å²) in [7, 11) is 0. The molecule has 4 rings (SSSR count). The van der Waals surface area contributed by atoms with Gasteiger partial charge < -0.3 is 9.42 Å². The minimum Gasteiger partial charge on any atom is -0.339 e. The lowest BCUT2D eigenvalue weighted by Crippen LogP contribution is -2.24. The van der Waals surface area contributed by atoms with E-state index in [4.69, 9.17) is 4.52 Å². The van der Waals surface area contributed by atoms with Gasteiger partial charge in [-0.2, -0.15) is 4.98 Å². The van der Waals surface area contributed by atoms with Crippen molar-refractivity contribution in [1.82, 2.24) is 15.0 Å². The quantitative estimate of drug-likeness (QED) is 0.732. The van der Waals surface area contributed by atoms with Crippen LogP contribution in [0.25, 0.3) is 11.4 Å². The van der Waals surface area contributed by atoms with Crippen molar-refractivity contribution < 1.29 is 13.7 Å². The van der Waals surface area contributed by atoms with Crippen LogP contribution in [0.1, 0.15) is 23.8 Å². The lowest BCUT2D eigenvalue weighted by Gasteiger charge is -2.16. The van der Waals surface area contributed by atoms with Gasteiger partial charge in [0.15, 0.2) is 0 Å². The average Bonchev–Trinajstić information content (AvgIpc) is 3.25. The standard InChI is InChI=1S/C19H16FN3O2/c20-16-9-5-4-8-14(16)11-23-12-15(10-17(23)24)19-21-18(22-25-19)13-6-2-1-3-7-13/h1-9,15H,10-12H2. The summed E-state index contributed by atoms with van der Waals surface area (Å²) in [5.74, 6) is 0.457. The van der Waals surface area contributed by atoms with E-state index in [1.165, 1.54) is 6.07 Å². The third-order valence-corrected chi connectivity index (χ3v) is 4.36. The SMILES string of the molecule is O=C1CC(c2nc(-c3ccccc3)no2)CN1Cc1ccccc1F. The Morgan fingerprint density at radius 1 is 1.12 bits per heavy atom. The highest BCUT2D eigenvalue weighted by Gasteiger charge is 2.34. The van der Waals surface area contributed by atoms with E-state index in [1.807, 2.05) is 30.3 Å². The largest absolute Gasteiger partial charge is 0.339 e. The molecule has 0 N–H and O–H groups in total. The molecule has 0 saturated carbocycles. The van der Waals surface area contributed by atoms with Gasteiger partial charge in [-0.1, -0.05) is 53.7 Å². The van der Waals surface area contributed by atoms with Crippen molar-refractivity contribution >= 4 is 5.91 Å². The topological polar surface area (TPSA) is 59.2 Å². The van der Waals surface area contributed by atoms with Crippen LogP contribution < -0.4 is 0 Å². The van der Waals surface area contributed by atoms with Crippen molar-refractivity contribution in [3.63, 3.8) is 0 Å². The second-order valence-electron chi connectivity index (χ2n) is 6.09. The number of hydrogen-bond acceptors (Lipinski definition) is 4. The summed E-state index contributed by atoms with van der Waals surface area (Å²) in [5, 5.41) is 4.00. The maximum Gasteiger partial charge on any atom is 0.232 e. The van der Waals surface area contributed by atoms with E-state index in [-0.39, 0.29) is 24.2 Å². The molecule has 1 unspecified atom stereocenters. The van der Waals surface area contributed by atoms with Crippen LogP contribution in [0, 0.1) is 5.82 Å². The number of amides is 1. The monoisotopic (exact) mass is 337 g/mol. The molecule has 126 valence electrons. The van der Waals surface area contributed by atoms with Crippen molar-refractivity contribution in [3.05, 3.63) is 71.9 Å². The molecule has 0 spiro atoms. The Morgan fingerprint density at radius 3 is 2.68 bits per heavy atom. The second-order valence-corrected chi connectivity index (χ2v) is 6.09. The zero-order valence-electron chi connectivity index (χ0n) is 13.4. The van der Waals surface area contributed by atoms with E-state index in [9.17, 15) is 9.18 Å². The summed E-state index contributed by atoms with van der Waals surface area (Å²) in [4.78, 5) is 18.3. The highest BCUT2D eigenvalue weighted by molar-refractivity contribution is 5.79. The first-order valence-corrected chi connectivity index (χ1v) is 8.11. The molecule has 1 atom stereocenters. The van der Waals surface area contributed by atoms with E-state index >= 15 is 0 Å². The summed E-state index contributed by atoms with van der Waals surface area (Å²) in [6.45, 7) is 0.700. The number of nitrogens with zero attached hydrogens (tertiary/aromatic N) is 3. The van der Waals surface area contributed by atoms with E-state index in [0.717, 1.165) is 5.56 Å². The van der Waals surface area contributed by atoms with Gasteiger partial charge in [-0.05, 0) is 6.07 Å². The van der Waals surface area contributed by atoms with Crippen LogP contribution in [-0.4, -0.2) is 27.5 Å². The number of likely N-dealkylation sites (tertiary alicyclic amines) is 1. The highest BCUT2D eigenvalue weighted by atomic mass is 19.1. The number of carbonyl (C=O) groups is 1. The molecule has 2 aromatic carbocycles. The molecule has 25 heavy (non-hydrogen) atoms. The van der Waals surface area contributed by atoms with Gasteiger partial charge >= 0.3 is 0 Å². The van der Waals surface area contributed by atoms with E-state index in [2.05, 4.69) is 10.1 Å². The van der Waals surface area contributed by atoms with Crippen LogP contribution >= 0.6 is 0 Å². The Balaban J connectivity index is 1.49. The summed E-state index contributed by atoms with van der Waals surface area (Å²) in [5.41, 5.74) is 1.37. The molecule has 3 aromatic rings. The molecule has 1 saturated heterocycles. The summed E-state index contributed by atoms with van der Waals surface area (Å²) in [6, 6.07) is 16.0. The van der Waals surface area contributed by atoms with Gasteiger partial charge in [0.05, 0.1) is 5.92 Å².